The van der Waals surface area contributed by atoms with Crippen molar-refractivity contribution in [2.75, 3.05) is 5.75 Å². The Labute approximate surface area is 96.9 Å². The summed E-state index contributed by atoms with van der Waals surface area (Å²) in [7, 11) is -0.847. The third-order valence-corrected chi connectivity index (χ3v) is 4.76. The van der Waals surface area contributed by atoms with Crippen molar-refractivity contribution in [3.63, 3.8) is 0 Å². The molecule has 0 aromatic carbocycles. The summed E-state index contributed by atoms with van der Waals surface area (Å²) in [6.45, 7) is 3.94. The summed E-state index contributed by atoms with van der Waals surface area (Å²) in [5.41, 5.74) is 0.758. The fourth-order valence-corrected chi connectivity index (χ4v) is 3.35. The molecular weight excluding hydrogens is 227 g/mol. The average molecular weight is 242 g/mol. The zero-order valence-electron chi connectivity index (χ0n) is 9.31. The number of nitrogens with zero attached hydrogens (tertiary/aromatic N) is 1. The number of hydrogen-bond acceptors (Lipinski definition) is 3. The Hall–Kier alpha value is -0.810. The molecule has 88 valence electrons. The van der Waals surface area contributed by atoms with Crippen molar-refractivity contribution in [2.45, 2.75) is 31.2 Å². The highest BCUT2D eigenvalue weighted by atomic mass is 32.2. The van der Waals surface area contributed by atoms with E-state index in [1.807, 2.05) is 13.8 Å². The Morgan fingerprint density at radius 2 is 2.25 bits per heavy atom. The zero-order valence-corrected chi connectivity index (χ0v) is 10.1. The lowest BCUT2D eigenvalue weighted by atomic mass is 10.1. The Balaban J connectivity index is 2.25. The minimum atomic E-state index is -0.847. The van der Waals surface area contributed by atoms with Gasteiger partial charge in [0.2, 0.25) is 0 Å². The summed E-state index contributed by atoms with van der Waals surface area (Å²) < 4.78 is 24.6. The molecule has 0 radical (unpaired) electrons. The van der Waals surface area contributed by atoms with Crippen LogP contribution in [0.3, 0.4) is 0 Å². The van der Waals surface area contributed by atoms with Gasteiger partial charge in [0.05, 0.1) is 23.2 Å². The number of nitrogens with one attached hydrogen (secondary N) is 1. The molecule has 0 bridgehead atoms. The molecule has 1 aliphatic rings. The highest BCUT2D eigenvalue weighted by molar-refractivity contribution is 7.85. The van der Waals surface area contributed by atoms with Crippen molar-refractivity contribution in [3.8, 4) is 0 Å². The van der Waals surface area contributed by atoms with Crippen LogP contribution in [-0.4, -0.2) is 26.2 Å². The maximum absolute atomic E-state index is 12.8. The average Bonchev–Trinajstić information content (AvgIpc) is 2.25. The lowest BCUT2D eigenvalue weighted by Crippen LogP contribution is -2.47. The minimum absolute atomic E-state index is 0.00848. The highest BCUT2D eigenvalue weighted by Gasteiger charge is 2.32. The summed E-state index contributed by atoms with van der Waals surface area (Å²) in [4.78, 5) is 4.05. The maximum Gasteiger partial charge on any atom is 0.141 e. The molecule has 4 atom stereocenters. The van der Waals surface area contributed by atoms with Gasteiger partial charge in [0.25, 0.3) is 0 Å². The number of aromatic nitrogens is 1. The quantitative estimate of drug-likeness (QED) is 0.809. The first kappa shape index (κ1) is 11.7. The van der Waals surface area contributed by atoms with E-state index >= 15 is 0 Å². The normalized spacial score (nSPS) is 34.9. The van der Waals surface area contributed by atoms with Crippen molar-refractivity contribution >= 4 is 10.8 Å². The van der Waals surface area contributed by atoms with Crippen LogP contribution in [0.1, 0.15) is 25.6 Å². The summed E-state index contributed by atoms with van der Waals surface area (Å²) in [5.74, 6) is 0.320. The molecule has 5 heteroatoms. The van der Waals surface area contributed by atoms with Crippen LogP contribution in [0.2, 0.25) is 0 Å². The van der Waals surface area contributed by atoms with E-state index in [2.05, 4.69) is 10.3 Å². The molecule has 16 heavy (non-hydrogen) atoms. The van der Waals surface area contributed by atoms with E-state index in [1.165, 1.54) is 12.3 Å². The second-order valence-electron chi connectivity index (χ2n) is 4.20. The van der Waals surface area contributed by atoms with Crippen LogP contribution in [0.25, 0.3) is 0 Å². The molecule has 3 nitrogen and oxygen atoms in total. The first-order valence-corrected chi connectivity index (χ1v) is 6.71. The van der Waals surface area contributed by atoms with Crippen LogP contribution < -0.4 is 5.32 Å². The van der Waals surface area contributed by atoms with Gasteiger partial charge in [-0.1, -0.05) is 0 Å². The van der Waals surface area contributed by atoms with Gasteiger partial charge in [-0.3, -0.25) is 9.19 Å². The summed E-state index contributed by atoms with van der Waals surface area (Å²) >= 11 is 0. The van der Waals surface area contributed by atoms with Gasteiger partial charge in [0.1, 0.15) is 5.82 Å². The van der Waals surface area contributed by atoms with Gasteiger partial charge in [-0.15, -0.1) is 0 Å². The largest absolute Gasteiger partial charge is 0.304 e. The van der Waals surface area contributed by atoms with Gasteiger partial charge in [-0.2, -0.15) is 0 Å². The molecule has 2 heterocycles. The highest BCUT2D eigenvalue weighted by Crippen LogP contribution is 2.24. The van der Waals surface area contributed by atoms with Gasteiger partial charge in [-0.25, -0.2) is 4.39 Å². The van der Waals surface area contributed by atoms with E-state index in [1.54, 1.807) is 6.07 Å². The topological polar surface area (TPSA) is 42.0 Å². The summed E-state index contributed by atoms with van der Waals surface area (Å²) in [6, 6.07) is 3.19. The third kappa shape index (κ3) is 2.30. The van der Waals surface area contributed by atoms with Crippen LogP contribution >= 0.6 is 0 Å². The van der Waals surface area contributed by atoms with Gasteiger partial charge < -0.3 is 5.32 Å². The molecule has 1 saturated heterocycles. The fourth-order valence-electron chi connectivity index (χ4n) is 1.94. The lowest BCUT2D eigenvalue weighted by Gasteiger charge is -2.33. The monoisotopic (exact) mass is 242 g/mol. The molecule has 0 spiro atoms. The van der Waals surface area contributed by atoms with Crippen molar-refractivity contribution in [1.82, 2.24) is 10.3 Å². The van der Waals surface area contributed by atoms with Crippen molar-refractivity contribution < 1.29 is 8.60 Å². The molecule has 4 unspecified atom stereocenters. The van der Waals surface area contributed by atoms with Gasteiger partial charge in [0, 0.05) is 22.6 Å². The molecule has 1 N–H and O–H groups in total. The van der Waals surface area contributed by atoms with E-state index in [0.717, 1.165) is 5.69 Å². The fraction of sp³-hybridized carbons (Fsp3) is 0.545. The lowest BCUT2D eigenvalue weighted by molar-refractivity contribution is 0.439. The van der Waals surface area contributed by atoms with Gasteiger partial charge >= 0.3 is 0 Å². The molecule has 0 aliphatic carbocycles. The number of pyridine rings is 1. The Kier molecular flexibility index (Phi) is 3.35. The number of halogens is 1. The van der Waals surface area contributed by atoms with Gasteiger partial charge in [-0.05, 0) is 26.0 Å². The first-order valence-electron chi connectivity index (χ1n) is 5.32. The zero-order chi connectivity index (χ0) is 11.7. The maximum atomic E-state index is 12.8. The van der Waals surface area contributed by atoms with Crippen molar-refractivity contribution in [2.24, 2.45) is 0 Å². The van der Waals surface area contributed by atoms with Gasteiger partial charge in [0.15, 0.2) is 0 Å². The predicted molar refractivity (Wildman–Crippen MR) is 62.0 cm³/mol. The van der Waals surface area contributed by atoms with E-state index in [-0.39, 0.29) is 23.2 Å². The number of hydrogen-bond donors (Lipinski definition) is 1. The van der Waals surface area contributed by atoms with Crippen LogP contribution in [0.15, 0.2) is 18.3 Å². The van der Waals surface area contributed by atoms with E-state index in [9.17, 15) is 8.60 Å². The second-order valence-corrected chi connectivity index (χ2v) is 6.04. The molecule has 0 saturated carbocycles. The van der Waals surface area contributed by atoms with E-state index in [4.69, 9.17) is 0 Å². The third-order valence-electron chi connectivity index (χ3n) is 2.83. The first-order chi connectivity index (χ1) is 7.58. The molecule has 1 fully saturated rings. The van der Waals surface area contributed by atoms with E-state index < -0.39 is 10.8 Å². The second kappa shape index (κ2) is 4.59. The van der Waals surface area contributed by atoms with Crippen LogP contribution in [0.4, 0.5) is 4.39 Å². The summed E-state index contributed by atoms with van der Waals surface area (Å²) in [5, 5.41) is 3.36. The van der Waals surface area contributed by atoms with Crippen LogP contribution in [0, 0.1) is 5.82 Å². The minimum Gasteiger partial charge on any atom is -0.304 e. The van der Waals surface area contributed by atoms with Crippen LogP contribution in [-0.2, 0) is 10.8 Å². The molecule has 2 rings (SSSR count). The Bertz CT molecular complexity index is 395. The standard InChI is InChI=1S/C11H15FN2OS/c1-7-6-16(15)8(2)11(14-7)10-4-3-9(12)5-13-10/h3-5,7-8,11,14H,6H2,1-2H3. The molecule has 0 amide bonds. The Morgan fingerprint density at radius 3 is 2.88 bits per heavy atom. The number of rotatable bonds is 1. The van der Waals surface area contributed by atoms with Crippen molar-refractivity contribution in [3.05, 3.63) is 29.8 Å². The molecular formula is C11H15FN2OS. The summed E-state index contributed by atoms with van der Waals surface area (Å²) in [6.07, 6.45) is 1.20. The molecule has 1 aromatic rings. The van der Waals surface area contributed by atoms with Crippen molar-refractivity contribution in [1.29, 1.82) is 0 Å². The molecule has 1 aromatic heterocycles. The SMILES string of the molecule is CC1CS(=O)C(C)C(c2ccc(F)cn2)N1. The van der Waals surface area contributed by atoms with Crippen LogP contribution in [0.5, 0.6) is 0 Å². The Morgan fingerprint density at radius 1 is 1.50 bits per heavy atom. The predicted octanol–water partition coefficient (Wildman–Crippen LogP) is 1.39. The van der Waals surface area contributed by atoms with E-state index in [0.29, 0.717) is 5.75 Å². The smallest absolute Gasteiger partial charge is 0.141 e. The molecule has 1 aliphatic heterocycles.